The molecular formula is C12H20N2O3S. The second kappa shape index (κ2) is 6.70. The number of amides is 1. The molecule has 1 heterocycles. The Morgan fingerprint density at radius 2 is 2.22 bits per heavy atom. The van der Waals surface area contributed by atoms with Gasteiger partial charge in [-0.3, -0.25) is 14.2 Å². The molecular weight excluding hydrogens is 252 g/mol. The summed E-state index contributed by atoms with van der Waals surface area (Å²) < 4.78 is 1.49. The highest BCUT2D eigenvalue weighted by Crippen LogP contribution is 2.05. The first kappa shape index (κ1) is 14.9. The van der Waals surface area contributed by atoms with E-state index < -0.39 is 0 Å². The molecule has 5 nitrogen and oxygen atoms in total. The summed E-state index contributed by atoms with van der Waals surface area (Å²) in [4.78, 5) is 25.3. The Hall–Kier alpha value is -1.14. The number of aryl methyl sites for hydroxylation is 1. The molecule has 0 aliphatic rings. The van der Waals surface area contributed by atoms with Crippen LogP contribution in [-0.2, 0) is 11.3 Å². The third-order valence-electron chi connectivity index (χ3n) is 2.77. The van der Waals surface area contributed by atoms with Crippen LogP contribution in [0.5, 0.6) is 0 Å². The van der Waals surface area contributed by atoms with Crippen LogP contribution in [0.1, 0.15) is 26.0 Å². The topological polar surface area (TPSA) is 62.5 Å². The first-order valence-corrected chi connectivity index (χ1v) is 6.90. The van der Waals surface area contributed by atoms with Gasteiger partial charge in [-0.05, 0) is 27.2 Å². The van der Waals surface area contributed by atoms with Crippen LogP contribution in [0.4, 0.5) is 0 Å². The second-order valence-electron chi connectivity index (χ2n) is 4.49. The zero-order valence-electron chi connectivity index (χ0n) is 11.0. The van der Waals surface area contributed by atoms with Gasteiger partial charge < -0.3 is 10.0 Å². The van der Waals surface area contributed by atoms with Crippen LogP contribution < -0.4 is 4.87 Å². The second-order valence-corrected chi connectivity index (χ2v) is 5.31. The van der Waals surface area contributed by atoms with Crippen LogP contribution in [0.3, 0.4) is 0 Å². The molecule has 0 saturated carbocycles. The van der Waals surface area contributed by atoms with Crippen molar-refractivity contribution in [3.05, 3.63) is 20.7 Å². The maximum absolute atomic E-state index is 12.2. The average Bonchev–Trinajstić information content (AvgIpc) is 2.61. The van der Waals surface area contributed by atoms with Gasteiger partial charge in [0.2, 0.25) is 5.91 Å². The average molecular weight is 272 g/mol. The summed E-state index contributed by atoms with van der Waals surface area (Å²) in [6, 6.07) is 0.0682. The first-order valence-electron chi connectivity index (χ1n) is 6.02. The van der Waals surface area contributed by atoms with Crippen LogP contribution in [0.2, 0.25) is 0 Å². The normalized spacial score (nSPS) is 10.9. The Balaban J connectivity index is 2.76. The van der Waals surface area contributed by atoms with Gasteiger partial charge in [0.25, 0.3) is 0 Å². The number of thiazole rings is 1. The van der Waals surface area contributed by atoms with Crippen molar-refractivity contribution < 1.29 is 9.90 Å². The van der Waals surface area contributed by atoms with Crippen molar-refractivity contribution in [2.75, 3.05) is 13.2 Å². The molecule has 0 bridgehead atoms. The maximum atomic E-state index is 12.2. The van der Waals surface area contributed by atoms with Crippen LogP contribution in [0, 0.1) is 6.92 Å². The summed E-state index contributed by atoms with van der Waals surface area (Å²) in [7, 11) is 0. The minimum absolute atomic E-state index is 0.0634. The lowest BCUT2D eigenvalue weighted by molar-refractivity contribution is -0.133. The maximum Gasteiger partial charge on any atom is 0.307 e. The molecule has 0 aliphatic carbocycles. The molecule has 1 aromatic rings. The molecule has 102 valence electrons. The zero-order chi connectivity index (χ0) is 13.7. The van der Waals surface area contributed by atoms with Gasteiger partial charge in [-0.25, -0.2) is 0 Å². The van der Waals surface area contributed by atoms with E-state index in [2.05, 4.69) is 0 Å². The quantitative estimate of drug-likeness (QED) is 0.834. The molecule has 0 atom stereocenters. The summed E-state index contributed by atoms with van der Waals surface area (Å²) in [6.45, 7) is 6.34. The SMILES string of the molecule is Cc1csc(=O)n1CC(=O)N(CCCO)C(C)C. The van der Waals surface area contributed by atoms with E-state index in [0.717, 1.165) is 17.0 Å². The van der Waals surface area contributed by atoms with Gasteiger partial charge in [0, 0.05) is 30.3 Å². The monoisotopic (exact) mass is 272 g/mol. The summed E-state index contributed by atoms with van der Waals surface area (Å²) in [5.41, 5.74) is 0.809. The van der Waals surface area contributed by atoms with Crippen molar-refractivity contribution in [1.82, 2.24) is 9.47 Å². The van der Waals surface area contributed by atoms with Crippen LogP contribution in [0.25, 0.3) is 0 Å². The number of aliphatic hydroxyl groups excluding tert-OH is 1. The Labute approximate surface area is 111 Å². The van der Waals surface area contributed by atoms with Crippen molar-refractivity contribution in [2.24, 2.45) is 0 Å². The largest absolute Gasteiger partial charge is 0.396 e. The molecule has 0 aromatic carbocycles. The third kappa shape index (κ3) is 3.68. The fourth-order valence-corrected chi connectivity index (χ4v) is 2.47. The fourth-order valence-electron chi connectivity index (χ4n) is 1.73. The molecule has 0 saturated heterocycles. The zero-order valence-corrected chi connectivity index (χ0v) is 11.9. The predicted octanol–water partition coefficient (Wildman–Crippen LogP) is 0.838. The van der Waals surface area contributed by atoms with Gasteiger partial charge in [-0.15, -0.1) is 0 Å². The number of carbonyl (C=O) groups excluding carboxylic acids is 1. The standard InChI is InChI=1S/C12H20N2O3S/c1-9(2)13(5-4-6-15)11(16)7-14-10(3)8-18-12(14)17/h8-9,15H,4-7H2,1-3H3. The van der Waals surface area contributed by atoms with Crippen molar-refractivity contribution in [3.63, 3.8) is 0 Å². The van der Waals surface area contributed by atoms with Gasteiger partial charge >= 0.3 is 4.87 Å². The Kier molecular flexibility index (Phi) is 5.55. The summed E-state index contributed by atoms with van der Waals surface area (Å²) in [5, 5.41) is 10.6. The summed E-state index contributed by atoms with van der Waals surface area (Å²) >= 11 is 1.11. The molecule has 0 spiro atoms. The van der Waals surface area contributed by atoms with Crippen molar-refractivity contribution in [1.29, 1.82) is 0 Å². The molecule has 0 aliphatic heterocycles. The molecule has 1 N–H and O–H groups in total. The van der Waals surface area contributed by atoms with Crippen molar-refractivity contribution in [3.8, 4) is 0 Å². The highest BCUT2D eigenvalue weighted by Gasteiger charge is 2.18. The van der Waals surface area contributed by atoms with Crippen LogP contribution in [0.15, 0.2) is 10.2 Å². The molecule has 1 aromatic heterocycles. The van der Waals surface area contributed by atoms with Crippen LogP contribution in [-0.4, -0.2) is 39.7 Å². The number of hydrogen-bond donors (Lipinski definition) is 1. The van der Waals surface area contributed by atoms with E-state index in [0.29, 0.717) is 13.0 Å². The predicted molar refractivity (Wildman–Crippen MR) is 71.9 cm³/mol. The molecule has 0 fully saturated rings. The smallest absolute Gasteiger partial charge is 0.307 e. The Bertz CT molecular complexity index is 450. The number of hydrogen-bond acceptors (Lipinski definition) is 4. The molecule has 18 heavy (non-hydrogen) atoms. The highest BCUT2D eigenvalue weighted by atomic mass is 32.1. The lowest BCUT2D eigenvalue weighted by Crippen LogP contribution is -2.41. The van der Waals surface area contributed by atoms with E-state index >= 15 is 0 Å². The number of nitrogens with zero attached hydrogens (tertiary/aromatic N) is 2. The molecule has 0 unspecified atom stereocenters. The van der Waals surface area contributed by atoms with E-state index in [-0.39, 0.29) is 30.0 Å². The third-order valence-corrected chi connectivity index (χ3v) is 3.65. The molecule has 6 heteroatoms. The van der Waals surface area contributed by atoms with E-state index in [1.54, 1.807) is 10.3 Å². The van der Waals surface area contributed by atoms with Gasteiger partial charge in [0.15, 0.2) is 0 Å². The van der Waals surface area contributed by atoms with Gasteiger partial charge in [-0.1, -0.05) is 11.3 Å². The molecule has 1 amide bonds. The minimum Gasteiger partial charge on any atom is -0.396 e. The van der Waals surface area contributed by atoms with E-state index in [1.807, 2.05) is 20.8 Å². The minimum atomic E-state index is -0.105. The number of carbonyl (C=O) groups is 1. The fraction of sp³-hybridized carbons (Fsp3) is 0.667. The van der Waals surface area contributed by atoms with E-state index in [1.165, 1.54) is 4.57 Å². The van der Waals surface area contributed by atoms with Crippen molar-refractivity contribution in [2.45, 2.75) is 39.8 Å². The van der Waals surface area contributed by atoms with E-state index in [9.17, 15) is 9.59 Å². The number of aromatic nitrogens is 1. The van der Waals surface area contributed by atoms with Gasteiger partial charge in [-0.2, -0.15) is 0 Å². The van der Waals surface area contributed by atoms with Gasteiger partial charge in [0.05, 0.1) is 0 Å². The van der Waals surface area contributed by atoms with Crippen molar-refractivity contribution >= 4 is 17.2 Å². The number of rotatable bonds is 6. The highest BCUT2D eigenvalue weighted by molar-refractivity contribution is 7.07. The Morgan fingerprint density at radius 1 is 1.56 bits per heavy atom. The van der Waals surface area contributed by atoms with E-state index in [4.69, 9.17) is 5.11 Å². The lowest BCUT2D eigenvalue weighted by Gasteiger charge is -2.26. The molecule has 0 radical (unpaired) electrons. The Morgan fingerprint density at radius 3 is 2.67 bits per heavy atom. The van der Waals surface area contributed by atoms with Gasteiger partial charge in [0.1, 0.15) is 6.54 Å². The van der Waals surface area contributed by atoms with Crippen LogP contribution >= 0.6 is 11.3 Å². The number of aliphatic hydroxyl groups is 1. The first-order chi connectivity index (χ1) is 8.47. The lowest BCUT2D eigenvalue weighted by atomic mass is 10.2. The molecule has 1 rings (SSSR count). The summed E-state index contributed by atoms with van der Waals surface area (Å²) in [5.74, 6) is -0.0814. The summed E-state index contributed by atoms with van der Waals surface area (Å²) in [6.07, 6.45) is 0.557.